The second-order valence-corrected chi connectivity index (χ2v) is 5.49. The number of alkyl halides is 3. The molecule has 0 unspecified atom stereocenters. The smallest absolute Gasteiger partial charge is 0.394 e. The van der Waals surface area contributed by atoms with Crippen molar-refractivity contribution in [2.75, 3.05) is 18.4 Å². The van der Waals surface area contributed by atoms with E-state index in [1.807, 2.05) is 0 Å². The van der Waals surface area contributed by atoms with E-state index in [0.717, 1.165) is 12.1 Å². The fourth-order valence-corrected chi connectivity index (χ4v) is 2.50. The molecule has 0 aliphatic carbocycles. The molecular formula is C13H11ClF4N2O3. The van der Waals surface area contributed by atoms with Gasteiger partial charge in [0.25, 0.3) is 0 Å². The van der Waals surface area contributed by atoms with Gasteiger partial charge in [0.05, 0.1) is 17.5 Å². The Bertz CT molecular complexity index is 638. The van der Waals surface area contributed by atoms with Crippen molar-refractivity contribution in [1.82, 2.24) is 4.90 Å². The van der Waals surface area contributed by atoms with Crippen LogP contribution in [0.15, 0.2) is 18.2 Å². The number of urea groups is 1. The van der Waals surface area contributed by atoms with Gasteiger partial charge < -0.3 is 15.3 Å². The van der Waals surface area contributed by atoms with Crippen molar-refractivity contribution < 1.29 is 32.3 Å². The van der Waals surface area contributed by atoms with E-state index in [4.69, 9.17) is 16.7 Å². The first-order chi connectivity index (χ1) is 10.6. The highest BCUT2D eigenvalue weighted by Gasteiger charge is 2.53. The molecule has 2 rings (SSSR count). The molecule has 0 radical (unpaired) electrons. The molecule has 0 saturated carbocycles. The number of carboxylic acid groups (broad SMARTS) is 1. The second kappa shape index (κ2) is 6.23. The predicted molar refractivity (Wildman–Crippen MR) is 72.7 cm³/mol. The molecule has 1 aliphatic rings. The second-order valence-electron chi connectivity index (χ2n) is 5.05. The van der Waals surface area contributed by atoms with Gasteiger partial charge in [-0.05, 0) is 18.2 Å². The van der Waals surface area contributed by atoms with Gasteiger partial charge >= 0.3 is 18.2 Å². The average Bonchev–Trinajstić information content (AvgIpc) is 2.87. The number of carboxylic acids is 1. The number of carbonyl (C=O) groups is 2. The fraction of sp³-hybridized carbons (Fsp3) is 0.385. The minimum Gasteiger partial charge on any atom is -0.481 e. The zero-order chi connectivity index (χ0) is 17.4. The molecule has 10 heteroatoms. The zero-order valence-corrected chi connectivity index (χ0v) is 12.2. The number of hydrogen-bond donors (Lipinski definition) is 2. The van der Waals surface area contributed by atoms with E-state index in [9.17, 15) is 27.2 Å². The Balaban J connectivity index is 2.13. The third-order valence-corrected chi connectivity index (χ3v) is 3.75. The van der Waals surface area contributed by atoms with Gasteiger partial charge in [-0.25, -0.2) is 9.18 Å². The van der Waals surface area contributed by atoms with Gasteiger partial charge in [0.1, 0.15) is 5.82 Å². The number of anilines is 1. The molecule has 0 bridgehead atoms. The summed E-state index contributed by atoms with van der Waals surface area (Å²) in [6, 6.07) is 2.37. The Morgan fingerprint density at radius 1 is 1.30 bits per heavy atom. The quantitative estimate of drug-likeness (QED) is 0.801. The monoisotopic (exact) mass is 354 g/mol. The van der Waals surface area contributed by atoms with E-state index < -0.39 is 48.9 Å². The summed E-state index contributed by atoms with van der Waals surface area (Å²) in [7, 11) is 0. The number of amides is 2. The first kappa shape index (κ1) is 17.3. The van der Waals surface area contributed by atoms with Crippen molar-refractivity contribution in [3.8, 4) is 0 Å². The Hall–Kier alpha value is -2.03. The molecule has 1 saturated heterocycles. The molecule has 1 aromatic carbocycles. The number of nitrogens with zero attached hydrogens (tertiary/aromatic N) is 1. The Labute approximate surface area is 132 Å². The van der Waals surface area contributed by atoms with Crippen molar-refractivity contribution in [2.45, 2.75) is 6.18 Å². The van der Waals surface area contributed by atoms with E-state index >= 15 is 0 Å². The molecule has 0 aromatic heterocycles. The largest absolute Gasteiger partial charge is 0.481 e. The molecular weight excluding hydrogens is 344 g/mol. The number of likely N-dealkylation sites (tertiary alicyclic amines) is 1. The van der Waals surface area contributed by atoms with Gasteiger partial charge in [-0.1, -0.05) is 11.6 Å². The van der Waals surface area contributed by atoms with Crippen molar-refractivity contribution >= 4 is 29.3 Å². The van der Waals surface area contributed by atoms with Crippen molar-refractivity contribution in [2.24, 2.45) is 11.8 Å². The summed E-state index contributed by atoms with van der Waals surface area (Å²) >= 11 is 5.55. The first-order valence-corrected chi connectivity index (χ1v) is 6.78. The van der Waals surface area contributed by atoms with Gasteiger partial charge in [0, 0.05) is 18.1 Å². The van der Waals surface area contributed by atoms with E-state index in [1.165, 1.54) is 6.07 Å². The number of hydrogen-bond acceptors (Lipinski definition) is 2. The lowest BCUT2D eigenvalue weighted by molar-refractivity contribution is -0.187. The standard InChI is InChI=1S/C13H11ClF4N2O3/c14-6-1-2-10(9(15)3-6)19-12(23)20-4-7(11(21)22)8(5-20)13(16,17)18/h1-3,7-8H,4-5H2,(H,19,23)(H,21,22)/t7-,8-/m1/s1. The van der Waals surface area contributed by atoms with Crippen LogP contribution in [0.5, 0.6) is 0 Å². The molecule has 1 heterocycles. The molecule has 0 spiro atoms. The molecule has 5 nitrogen and oxygen atoms in total. The van der Waals surface area contributed by atoms with Crippen LogP contribution in [-0.4, -0.2) is 41.3 Å². The summed E-state index contributed by atoms with van der Waals surface area (Å²) in [5.74, 6) is -6.41. The van der Waals surface area contributed by atoms with E-state index in [1.54, 1.807) is 0 Å². The fourth-order valence-electron chi connectivity index (χ4n) is 2.34. The van der Waals surface area contributed by atoms with E-state index in [-0.39, 0.29) is 10.7 Å². The highest BCUT2D eigenvalue weighted by Crippen LogP contribution is 2.38. The number of rotatable bonds is 2. The molecule has 2 N–H and O–H groups in total. The third-order valence-electron chi connectivity index (χ3n) is 3.52. The van der Waals surface area contributed by atoms with Crippen LogP contribution >= 0.6 is 11.6 Å². The number of halogens is 5. The Morgan fingerprint density at radius 2 is 1.96 bits per heavy atom. The van der Waals surface area contributed by atoms with Crippen LogP contribution in [-0.2, 0) is 4.79 Å². The van der Waals surface area contributed by atoms with Crippen molar-refractivity contribution in [3.05, 3.63) is 29.0 Å². The molecule has 23 heavy (non-hydrogen) atoms. The minimum atomic E-state index is -4.75. The minimum absolute atomic E-state index is 0.0877. The Kier molecular flexibility index (Phi) is 4.69. The number of benzene rings is 1. The van der Waals surface area contributed by atoms with Crippen LogP contribution in [0, 0.1) is 17.7 Å². The van der Waals surface area contributed by atoms with Gasteiger partial charge in [-0.2, -0.15) is 13.2 Å². The van der Waals surface area contributed by atoms with Crippen LogP contribution in [0.25, 0.3) is 0 Å². The molecule has 2 atom stereocenters. The van der Waals surface area contributed by atoms with Gasteiger partial charge in [-0.15, -0.1) is 0 Å². The van der Waals surface area contributed by atoms with Crippen LogP contribution in [0.3, 0.4) is 0 Å². The molecule has 1 fully saturated rings. The van der Waals surface area contributed by atoms with E-state index in [2.05, 4.69) is 5.32 Å². The predicted octanol–water partition coefficient (Wildman–Crippen LogP) is 3.21. The number of nitrogens with one attached hydrogen (secondary N) is 1. The lowest BCUT2D eigenvalue weighted by Gasteiger charge is -2.19. The lowest BCUT2D eigenvalue weighted by Crippen LogP contribution is -2.35. The lowest BCUT2D eigenvalue weighted by atomic mass is 9.96. The SMILES string of the molecule is O=C(O)[C@@H]1CN(C(=O)Nc2ccc(Cl)cc2F)C[C@H]1C(F)(F)F. The highest BCUT2D eigenvalue weighted by atomic mass is 35.5. The van der Waals surface area contributed by atoms with Crippen molar-refractivity contribution in [1.29, 1.82) is 0 Å². The molecule has 1 aromatic rings. The number of aliphatic carboxylic acids is 1. The van der Waals surface area contributed by atoms with E-state index in [0.29, 0.717) is 4.90 Å². The molecule has 2 amide bonds. The zero-order valence-electron chi connectivity index (χ0n) is 11.4. The summed E-state index contributed by atoms with van der Waals surface area (Å²) < 4.78 is 52.1. The molecule has 126 valence electrons. The summed E-state index contributed by atoms with van der Waals surface area (Å²) in [5.41, 5.74) is -0.262. The van der Waals surface area contributed by atoms with Gasteiger partial charge in [-0.3, -0.25) is 4.79 Å². The van der Waals surface area contributed by atoms with Crippen molar-refractivity contribution in [3.63, 3.8) is 0 Å². The maximum absolute atomic E-state index is 13.6. The van der Waals surface area contributed by atoms with Crippen LogP contribution in [0.1, 0.15) is 0 Å². The average molecular weight is 355 g/mol. The van der Waals surface area contributed by atoms with Gasteiger partial charge in [0.2, 0.25) is 0 Å². The van der Waals surface area contributed by atoms with Crippen LogP contribution in [0.2, 0.25) is 5.02 Å². The van der Waals surface area contributed by atoms with Gasteiger partial charge in [0.15, 0.2) is 0 Å². The molecule has 1 aliphatic heterocycles. The first-order valence-electron chi connectivity index (χ1n) is 6.40. The number of carbonyl (C=O) groups excluding carboxylic acids is 1. The maximum atomic E-state index is 13.6. The summed E-state index contributed by atoms with van der Waals surface area (Å²) in [5, 5.41) is 11.1. The van der Waals surface area contributed by atoms with Crippen LogP contribution in [0.4, 0.5) is 28.0 Å². The highest BCUT2D eigenvalue weighted by molar-refractivity contribution is 6.30. The third kappa shape index (κ3) is 3.84. The maximum Gasteiger partial charge on any atom is 0.394 e. The topological polar surface area (TPSA) is 69.6 Å². The normalized spacial score (nSPS) is 21.3. The van der Waals surface area contributed by atoms with Crippen LogP contribution < -0.4 is 5.32 Å². The summed E-state index contributed by atoms with van der Waals surface area (Å²) in [6.07, 6.45) is -4.75. The summed E-state index contributed by atoms with van der Waals surface area (Å²) in [6.45, 7) is -1.41. The summed E-state index contributed by atoms with van der Waals surface area (Å²) in [4.78, 5) is 23.6. The Morgan fingerprint density at radius 3 is 2.43 bits per heavy atom.